The smallest absolute Gasteiger partial charge is 0.344 e. The van der Waals surface area contributed by atoms with Gasteiger partial charge in [-0.15, -0.1) is 0 Å². The van der Waals surface area contributed by atoms with Crippen LogP contribution in [-0.4, -0.2) is 22.0 Å². The summed E-state index contributed by atoms with van der Waals surface area (Å²) >= 11 is 0. The van der Waals surface area contributed by atoms with Gasteiger partial charge in [-0.05, 0) is 41.8 Å². The summed E-state index contributed by atoms with van der Waals surface area (Å²) in [6.07, 6.45) is 1.66. The Kier molecular flexibility index (Phi) is 5.57. The number of pyridine rings is 1. The van der Waals surface area contributed by atoms with Crippen LogP contribution in [0.1, 0.15) is 11.3 Å². The van der Waals surface area contributed by atoms with Crippen molar-refractivity contribution in [3.63, 3.8) is 0 Å². The minimum Gasteiger partial charge on any atom is -0.482 e. The molecule has 150 valence electrons. The van der Waals surface area contributed by atoms with Crippen molar-refractivity contribution in [2.45, 2.75) is 13.5 Å². The highest BCUT2D eigenvalue weighted by atomic mass is 16.6. The predicted octanol–water partition coefficient (Wildman–Crippen LogP) is 3.79. The summed E-state index contributed by atoms with van der Waals surface area (Å²) in [7, 11) is 0. The molecule has 0 unspecified atom stereocenters. The zero-order chi connectivity index (χ0) is 20.9. The molecular weight excluding hydrogens is 380 g/mol. The average Bonchev–Trinajstić information content (AvgIpc) is 2.78. The molecule has 4 aromatic rings. The standard InChI is InChI=1S/C24H20N2O4/c1-17-6-5-13-26-22(27)14-20(25-24(17)26)15-30-23(28)16-29-21-11-9-19(10-12-21)18-7-3-2-4-8-18/h2-14H,15-16H2,1H3. The van der Waals surface area contributed by atoms with E-state index in [9.17, 15) is 9.59 Å². The Balaban J connectivity index is 1.34. The number of hydrogen-bond acceptors (Lipinski definition) is 5. The number of ether oxygens (including phenoxy) is 2. The topological polar surface area (TPSA) is 69.9 Å². The first-order valence-electron chi connectivity index (χ1n) is 9.52. The van der Waals surface area contributed by atoms with Gasteiger partial charge in [0.05, 0.1) is 5.69 Å². The molecular formula is C24H20N2O4. The third-order valence-electron chi connectivity index (χ3n) is 4.64. The molecule has 0 radical (unpaired) electrons. The SMILES string of the molecule is Cc1cccn2c(=O)cc(COC(=O)COc3ccc(-c4ccccc4)cc3)nc12. The Morgan fingerprint density at radius 1 is 0.967 bits per heavy atom. The van der Waals surface area contributed by atoms with E-state index >= 15 is 0 Å². The van der Waals surface area contributed by atoms with E-state index in [4.69, 9.17) is 9.47 Å². The lowest BCUT2D eigenvalue weighted by atomic mass is 10.1. The fraction of sp³-hybridized carbons (Fsp3) is 0.125. The van der Waals surface area contributed by atoms with Crippen molar-refractivity contribution in [2.75, 3.05) is 6.61 Å². The molecule has 2 aromatic heterocycles. The van der Waals surface area contributed by atoms with Crippen LogP contribution >= 0.6 is 0 Å². The molecule has 2 heterocycles. The van der Waals surface area contributed by atoms with Crippen LogP contribution in [0.4, 0.5) is 0 Å². The van der Waals surface area contributed by atoms with Crippen LogP contribution < -0.4 is 10.3 Å². The summed E-state index contributed by atoms with van der Waals surface area (Å²) < 4.78 is 12.2. The van der Waals surface area contributed by atoms with E-state index in [0.29, 0.717) is 17.1 Å². The summed E-state index contributed by atoms with van der Waals surface area (Å²) in [5.41, 5.74) is 3.77. The molecule has 0 aliphatic carbocycles. The molecule has 0 amide bonds. The van der Waals surface area contributed by atoms with Crippen LogP contribution in [0.25, 0.3) is 16.8 Å². The Morgan fingerprint density at radius 3 is 2.47 bits per heavy atom. The lowest BCUT2D eigenvalue weighted by Crippen LogP contribution is -2.19. The van der Waals surface area contributed by atoms with Crippen LogP contribution in [0.2, 0.25) is 0 Å². The molecule has 2 aromatic carbocycles. The number of esters is 1. The van der Waals surface area contributed by atoms with E-state index in [1.165, 1.54) is 10.5 Å². The maximum Gasteiger partial charge on any atom is 0.344 e. The molecule has 0 bridgehead atoms. The first-order valence-corrected chi connectivity index (χ1v) is 9.52. The monoisotopic (exact) mass is 400 g/mol. The quantitative estimate of drug-likeness (QED) is 0.461. The first kappa shape index (κ1) is 19.4. The van der Waals surface area contributed by atoms with Gasteiger partial charge in [-0.3, -0.25) is 9.20 Å². The summed E-state index contributed by atoms with van der Waals surface area (Å²) in [4.78, 5) is 28.6. The van der Waals surface area contributed by atoms with Crippen LogP contribution in [0.15, 0.2) is 83.8 Å². The summed E-state index contributed by atoms with van der Waals surface area (Å²) in [6, 6.07) is 22.5. The van der Waals surface area contributed by atoms with Gasteiger partial charge >= 0.3 is 5.97 Å². The number of fused-ring (bicyclic) bond motifs is 1. The highest BCUT2D eigenvalue weighted by molar-refractivity contribution is 5.71. The Bertz CT molecular complexity index is 1230. The fourth-order valence-corrected chi connectivity index (χ4v) is 3.10. The molecule has 6 nitrogen and oxygen atoms in total. The van der Waals surface area contributed by atoms with Crippen molar-refractivity contribution in [3.05, 3.63) is 101 Å². The summed E-state index contributed by atoms with van der Waals surface area (Å²) in [5.74, 6) is 0.0400. The maximum absolute atomic E-state index is 12.2. The zero-order valence-electron chi connectivity index (χ0n) is 16.4. The molecule has 0 N–H and O–H groups in total. The van der Waals surface area contributed by atoms with Crippen molar-refractivity contribution in [2.24, 2.45) is 0 Å². The predicted molar refractivity (Wildman–Crippen MR) is 113 cm³/mol. The van der Waals surface area contributed by atoms with E-state index < -0.39 is 5.97 Å². The number of nitrogens with zero attached hydrogens (tertiary/aromatic N) is 2. The zero-order valence-corrected chi connectivity index (χ0v) is 16.4. The molecule has 0 saturated heterocycles. The van der Waals surface area contributed by atoms with Gasteiger partial charge in [-0.2, -0.15) is 0 Å². The van der Waals surface area contributed by atoms with Crippen molar-refractivity contribution >= 4 is 11.6 Å². The van der Waals surface area contributed by atoms with Crippen molar-refractivity contribution in [3.8, 4) is 16.9 Å². The molecule has 0 aliphatic heterocycles. The number of hydrogen-bond donors (Lipinski definition) is 0. The van der Waals surface area contributed by atoms with E-state index in [2.05, 4.69) is 4.98 Å². The van der Waals surface area contributed by atoms with Crippen LogP contribution in [0.5, 0.6) is 5.75 Å². The number of benzene rings is 2. The van der Waals surface area contributed by atoms with Gasteiger partial charge in [-0.1, -0.05) is 48.5 Å². The first-order chi connectivity index (χ1) is 14.6. The summed E-state index contributed by atoms with van der Waals surface area (Å²) in [6.45, 7) is 1.56. The number of carbonyl (C=O) groups is 1. The average molecular weight is 400 g/mol. The van der Waals surface area contributed by atoms with E-state index in [1.54, 1.807) is 12.3 Å². The van der Waals surface area contributed by atoms with Crippen LogP contribution in [-0.2, 0) is 16.1 Å². The highest BCUT2D eigenvalue weighted by Crippen LogP contribution is 2.22. The normalized spacial score (nSPS) is 10.7. The second-order valence-corrected chi connectivity index (χ2v) is 6.81. The van der Waals surface area contributed by atoms with Gasteiger partial charge in [-0.25, -0.2) is 9.78 Å². The van der Waals surface area contributed by atoms with Gasteiger partial charge in [0.25, 0.3) is 5.56 Å². The Labute approximate surface area is 173 Å². The van der Waals surface area contributed by atoms with Gasteiger partial charge in [0, 0.05) is 12.3 Å². The minimum atomic E-state index is -0.533. The van der Waals surface area contributed by atoms with E-state index in [-0.39, 0.29) is 18.8 Å². The molecule has 30 heavy (non-hydrogen) atoms. The minimum absolute atomic E-state index is 0.0881. The van der Waals surface area contributed by atoms with E-state index in [1.807, 2.05) is 67.6 Å². The Hall–Kier alpha value is -3.93. The van der Waals surface area contributed by atoms with Crippen molar-refractivity contribution in [1.29, 1.82) is 0 Å². The van der Waals surface area contributed by atoms with Gasteiger partial charge in [0.15, 0.2) is 6.61 Å². The van der Waals surface area contributed by atoms with Gasteiger partial charge in [0.2, 0.25) is 0 Å². The molecule has 0 atom stereocenters. The maximum atomic E-state index is 12.2. The second kappa shape index (κ2) is 8.61. The van der Waals surface area contributed by atoms with Crippen molar-refractivity contribution < 1.29 is 14.3 Å². The van der Waals surface area contributed by atoms with Gasteiger partial charge < -0.3 is 9.47 Å². The summed E-state index contributed by atoms with van der Waals surface area (Å²) in [5, 5.41) is 0. The Morgan fingerprint density at radius 2 is 1.70 bits per heavy atom. The largest absolute Gasteiger partial charge is 0.482 e. The number of aryl methyl sites for hydroxylation is 1. The van der Waals surface area contributed by atoms with Crippen LogP contribution in [0, 0.1) is 6.92 Å². The number of carbonyl (C=O) groups excluding carboxylic acids is 1. The van der Waals surface area contributed by atoms with Crippen LogP contribution in [0.3, 0.4) is 0 Å². The third-order valence-corrected chi connectivity index (χ3v) is 4.64. The molecule has 0 fully saturated rings. The lowest BCUT2D eigenvalue weighted by molar-refractivity contribution is -0.147. The molecule has 0 aliphatic rings. The van der Waals surface area contributed by atoms with Gasteiger partial charge in [0.1, 0.15) is 18.0 Å². The van der Waals surface area contributed by atoms with Crippen molar-refractivity contribution in [1.82, 2.24) is 9.38 Å². The lowest BCUT2D eigenvalue weighted by Gasteiger charge is -2.09. The second-order valence-electron chi connectivity index (χ2n) is 6.81. The van der Waals surface area contributed by atoms with E-state index in [0.717, 1.165) is 16.7 Å². The fourth-order valence-electron chi connectivity index (χ4n) is 3.10. The number of rotatable bonds is 6. The highest BCUT2D eigenvalue weighted by Gasteiger charge is 2.09. The molecule has 0 spiro atoms. The third kappa shape index (κ3) is 4.38. The number of aromatic nitrogens is 2. The molecule has 6 heteroatoms. The molecule has 4 rings (SSSR count). The molecule has 0 saturated carbocycles.